The minimum Gasteiger partial charge on any atom is -0.476 e. The van der Waals surface area contributed by atoms with E-state index >= 15 is 0 Å². The van der Waals surface area contributed by atoms with Crippen LogP contribution in [0.5, 0.6) is 5.75 Å². The molecule has 1 aromatic heterocycles. The van der Waals surface area contributed by atoms with Crippen LogP contribution < -0.4 is 4.84 Å². The summed E-state index contributed by atoms with van der Waals surface area (Å²) in [6, 6.07) is 3.76. The second kappa shape index (κ2) is 4.38. The van der Waals surface area contributed by atoms with Crippen LogP contribution in [-0.2, 0) is 0 Å². The Hall–Kier alpha value is -2.15. The molecule has 2 rings (SSSR count). The average Bonchev–Trinajstić information content (AvgIpc) is 2.72. The van der Waals surface area contributed by atoms with Crippen LogP contribution in [-0.4, -0.2) is 26.2 Å². The Kier molecular flexibility index (Phi) is 2.92. The fourth-order valence-electron chi connectivity index (χ4n) is 1.03. The van der Waals surface area contributed by atoms with Gasteiger partial charge in [0.15, 0.2) is 11.4 Å². The Balaban J connectivity index is 2.19. The van der Waals surface area contributed by atoms with E-state index in [1.807, 2.05) is 0 Å². The zero-order valence-corrected chi connectivity index (χ0v) is 8.93. The van der Waals surface area contributed by atoms with E-state index in [1.54, 1.807) is 0 Å². The molecule has 0 amide bonds. The molecule has 0 radical (unpaired) electrons. The van der Waals surface area contributed by atoms with Crippen LogP contribution in [0, 0.1) is 5.82 Å². The van der Waals surface area contributed by atoms with Gasteiger partial charge in [-0.1, -0.05) is 16.4 Å². The second-order valence-corrected chi connectivity index (χ2v) is 3.39. The van der Waals surface area contributed by atoms with Gasteiger partial charge in [0.1, 0.15) is 12.0 Å². The van der Waals surface area contributed by atoms with Crippen molar-refractivity contribution in [3.8, 4) is 5.75 Å². The molecule has 1 heterocycles. The van der Waals surface area contributed by atoms with E-state index in [9.17, 15) is 9.18 Å². The molecule has 0 aliphatic heterocycles. The first-order valence-corrected chi connectivity index (χ1v) is 4.73. The van der Waals surface area contributed by atoms with Gasteiger partial charge in [0, 0.05) is 6.07 Å². The van der Waals surface area contributed by atoms with E-state index in [0.717, 1.165) is 17.1 Å². The van der Waals surface area contributed by atoms with Gasteiger partial charge in [-0.3, -0.25) is 0 Å². The van der Waals surface area contributed by atoms with Crippen molar-refractivity contribution in [2.24, 2.45) is 0 Å². The summed E-state index contributed by atoms with van der Waals surface area (Å²) in [5, 5.41) is 15.3. The number of hydrogen-bond donors (Lipinski definition) is 1. The Morgan fingerprint density at radius 3 is 2.88 bits per heavy atom. The first-order chi connectivity index (χ1) is 8.06. The summed E-state index contributed by atoms with van der Waals surface area (Å²) in [6.45, 7) is 0. The molecule has 0 aliphatic carbocycles. The van der Waals surface area contributed by atoms with Gasteiger partial charge in [-0.05, 0) is 17.3 Å². The molecule has 6 nitrogen and oxygen atoms in total. The number of aromatic nitrogens is 3. The molecule has 0 bridgehead atoms. The lowest BCUT2D eigenvalue weighted by Crippen LogP contribution is -2.06. The van der Waals surface area contributed by atoms with Gasteiger partial charge in [-0.2, -0.15) is 0 Å². The van der Waals surface area contributed by atoms with Gasteiger partial charge >= 0.3 is 5.97 Å². The maximum atomic E-state index is 13.1. The molecular formula is C9H5ClFN3O3. The highest BCUT2D eigenvalue weighted by molar-refractivity contribution is 6.30. The summed E-state index contributed by atoms with van der Waals surface area (Å²) in [6.07, 6.45) is 1.05. The molecule has 0 atom stereocenters. The third-order valence-corrected chi connectivity index (χ3v) is 2.09. The normalized spacial score (nSPS) is 10.2. The van der Waals surface area contributed by atoms with Gasteiger partial charge in [-0.25, -0.2) is 9.18 Å². The van der Waals surface area contributed by atoms with E-state index in [4.69, 9.17) is 21.5 Å². The van der Waals surface area contributed by atoms with E-state index < -0.39 is 11.8 Å². The Bertz CT molecular complexity index is 572. The molecule has 88 valence electrons. The molecule has 0 saturated carbocycles. The summed E-state index contributed by atoms with van der Waals surface area (Å²) in [7, 11) is 0. The monoisotopic (exact) mass is 257 g/mol. The zero-order valence-electron chi connectivity index (χ0n) is 8.17. The number of carbonyl (C=O) groups is 1. The molecule has 0 fully saturated rings. The first-order valence-electron chi connectivity index (χ1n) is 4.35. The summed E-state index contributed by atoms with van der Waals surface area (Å²) in [5.41, 5.74) is -0.278. The highest BCUT2D eigenvalue weighted by atomic mass is 35.5. The van der Waals surface area contributed by atoms with Crippen LogP contribution in [0.15, 0.2) is 24.4 Å². The molecule has 17 heavy (non-hydrogen) atoms. The van der Waals surface area contributed by atoms with Gasteiger partial charge in [0.25, 0.3) is 0 Å². The molecule has 1 aromatic carbocycles. The minimum atomic E-state index is -1.23. The molecule has 0 saturated heterocycles. The van der Waals surface area contributed by atoms with Crippen molar-refractivity contribution < 1.29 is 19.1 Å². The number of aromatic carboxylic acids is 1. The minimum absolute atomic E-state index is 0.0397. The van der Waals surface area contributed by atoms with Crippen molar-refractivity contribution in [2.75, 3.05) is 0 Å². The SMILES string of the molecule is O=C(O)c1cn(Oc2ccc(Cl)c(F)c2)nn1. The van der Waals surface area contributed by atoms with Gasteiger partial charge in [-0.15, -0.1) is 5.10 Å². The van der Waals surface area contributed by atoms with Crippen molar-refractivity contribution in [3.05, 3.63) is 40.9 Å². The number of carboxylic acids is 1. The Morgan fingerprint density at radius 2 is 2.29 bits per heavy atom. The predicted octanol–water partition coefficient (Wildman–Crippen LogP) is 1.61. The smallest absolute Gasteiger partial charge is 0.358 e. The zero-order chi connectivity index (χ0) is 12.4. The standard InChI is InChI=1S/C9H5ClFN3O3/c10-6-2-1-5(3-7(6)11)17-14-4-8(9(15)16)12-13-14/h1-4H,(H,15,16). The van der Waals surface area contributed by atoms with Crippen molar-refractivity contribution in [1.29, 1.82) is 0 Å². The van der Waals surface area contributed by atoms with Crippen LogP contribution in [0.25, 0.3) is 0 Å². The van der Waals surface area contributed by atoms with Crippen LogP contribution >= 0.6 is 11.6 Å². The van der Waals surface area contributed by atoms with E-state index in [-0.39, 0.29) is 16.5 Å². The van der Waals surface area contributed by atoms with Gasteiger partial charge < -0.3 is 9.94 Å². The molecule has 0 spiro atoms. The summed E-state index contributed by atoms with van der Waals surface area (Å²) in [5.74, 6) is -1.77. The molecule has 2 aromatic rings. The van der Waals surface area contributed by atoms with E-state index in [0.29, 0.717) is 0 Å². The number of nitrogens with zero attached hydrogens (tertiary/aromatic N) is 3. The number of halogens is 2. The Labute approximate surface area is 99.1 Å². The van der Waals surface area contributed by atoms with Crippen LogP contribution in [0.3, 0.4) is 0 Å². The van der Waals surface area contributed by atoms with Crippen molar-refractivity contribution in [2.45, 2.75) is 0 Å². The molecule has 8 heteroatoms. The topological polar surface area (TPSA) is 77.2 Å². The first kappa shape index (κ1) is 11.3. The fourth-order valence-corrected chi connectivity index (χ4v) is 1.15. The lowest BCUT2D eigenvalue weighted by Gasteiger charge is -2.03. The lowest BCUT2D eigenvalue weighted by molar-refractivity contribution is 0.0690. The number of benzene rings is 1. The summed E-state index contributed by atoms with van der Waals surface area (Å²) in [4.78, 5) is 16.4. The molecule has 1 N–H and O–H groups in total. The van der Waals surface area contributed by atoms with E-state index in [2.05, 4.69) is 10.3 Å². The van der Waals surface area contributed by atoms with Crippen molar-refractivity contribution >= 4 is 17.6 Å². The highest BCUT2D eigenvalue weighted by Gasteiger charge is 2.09. The summed E-state index contributed by atoms with van der Waals surface area (Å²) >= 11 is 5.49. The number of hydrogen-bond acceptors (Lipinski definition) is 4. The molecule has 0 unspecified atom stereocenters. The molecular weight excluding hydrogens is 253 g/mol. The average molecular weight is 258 g/mol. The quantitative estimate of drug-likeness (QED) is 0.904. The van der Waals surface area contributed by atoms with Crippen molar-refractivity contribution in [3.63, 3.8) is 0 Å². The van der Waals surface area contributed by atoms with Crippen LogP contribution in [0.2, 0.25) is 5.02 Å². The third kappa shape index (κ3) is 2.51. The molecule has 0 aliphatic rings. The van der Waals surface area contributed by atoms with E-state index in [1.165, 1.54) is 12.1 Å². The predicted molar refractivity (Wildman–Crippen MR) is 54.4 cm³/mol. The van der Waals surface area contributed by atoms with Gasteiger partial charge in [0.05, 0.1) is 5.02 Å². The second-order valence-electron chi connectivity index (χ2n) is 2.98. The number of carboxylic acid groups (broad SMARTS) is 1. The van der Waals surface area contributed by atoms with Gasteiger partial charge in [0.2, 0.25) is 0 Å². The highest BCUT2D eigenvalue weighted by Crippen LogP contribution is 2.20. The maximum Gasteiger partial charge on any atom is 0.358 e. The van der Waals surface area contributed by atoms with Crippen LogP contribution in [0.1, 0.15) is 10.5 Å². The van der Waals surface area contributed by atoms with Crippen molar-refractivity contribution in [1.82, 2.24) is 15.2 Å². The Morgan fingerprint density at radius 1 is 1.53 bits per heavy atom. The largest absolute Gasteiger partial charge is 0.476 e. The third-order valence-electron chi connectivity index (χ3n) is 1.78. The summed E-state index contributed by atoms with van der Waals surface area (Å²) < 4.78 is 13.1. The number of rotatable bonds is 3. The van der Waals surface area contributed by atoms with Crippen LogP contribution in [0.4, 0.5) is 4.39 Å². The maximum absolute atomic E-state index is 13.1. The lowest BCUT2D eigenvalue weighted by atomic mass is 10.3. The fraction of sp³-hybridized carbons (Fsp3) is 0.